The first-order valence-corrected chi connectivity index (χ1v) is 5.61. The number of halogens is 1. The number of nitrogens with two attached hydrogens (primary N) is 1. The van der Waals surface area contributed by atoms with E-state index in [4.69, 9.17) is 5.73 Å². The maximum atomic E-state index is 13.3. The Balaban J connectivity index is 2.30. The number of phenolic OH excluding ortho intramolecular Hbond substituents is 1. The van der Waals surface area contributed by atoms with Crippen LogP contribution in [0.1, 0.15) is 10.4 Å². The number of anilines is 2. The third-order valence-electron chi connectivity index (χ3n) is 2.77. The fourth-order valence-corrected chi connectivity index (χ4v) is 1.67. The second-order valence-electron chi connectivity index (χ2n) is 4.12. The summed E-state index contributed by atoms with van der Waals surface area (Å²) in [4.78, 5) is 13.5. The van der Waals surface area contributed by atoms with Gasteiger partial charge in [-0.15, -0.1) is 0 Å². The molecule has 2 rings (SSSR count). The van der Waals surface area contributed by atoms with E-state index in [1.165, 1.54) is 29.2 Å². The Hall–Kier alpha value is -2.56. The highest BCUT2D eigenvalue weighted by molar-refractivity contribution is 6.05. The van der Waals surface area contributed by atoms with Gasteiger partial charge in [-0.05, 0) is 30.3 Å². The highest BCUT2D eigenvalue weighted by Gasteiger charge is 2.15. The lowest BCUT2D eigenvalue weighted by atomic mass is 10.1. The molecule has 1 amide bonds. The fourth-order valence-electron chi connectivity index (χ4n) is 1.67. The maximum absolute atomic E-state index is 13.3. The molecule has 0 saturated heterocycles. The van der Waals surface area contributed by atoms with Crippen LogP contribution in [0.2, 0.25) is 0 Å². The molecule has 0 aliphatic carbocycles. The van der Waals surface area contributed by atoms with E-state index in [0.717, 1.165) is 6.07 Å². The molecule has 0 spiro atoms. The first-order chi connectivity index (χ1) is 8.99. The van der Waals surface area contributed by atoms with Gasteiger partial charge in [-0.3, -0.25) is 4.79 Å². The Kier molecular flexibility index (Phi) is 3.37. The Labute approximate surface area is 109 Å². The summed E-state index contributed by atoms with van der Waals surface area (Å²) in [6.45, 7) is 0. The molecule has 0 fully saturated rings. The summed E-state index contributed by atoms with van der Waals surface area (Å²) >= 11 is 0. The predicted octanol–water partition coefficient (Wildman–Crippen LogP) is 2.39. The van der Waals surface area contributed by atoms with Crippen LogP contribution in [0, 0.1) is 5.82 Å². The molecule has 3 N–H and O–H groups in total. The average Bonchev–Trinajstić information content (AvgIpc) is 2.40. The molecule has 0 unspecified atom stereocenters. The SMILES string of the molecule is CN(C(=O)c1ccc(N)c(F)c1)c1cccc(O)c1. The van der Waals surface area contributed by atoms with Crippen molar-refractivity contribution in [3.63, 3.8) is 0 Å². The second kappa shape index (κ2) is 4.97. The number of hydrogen-bond acceptors (Lipinski definition) is 3. The molecule has 0 aliphatic rings. The van der Waals surface area contributed by atoms with Crippen LogP contribution in [0.3, 0.4) is 0 Å². The van der Waals surface area contributed by atoms with Gasteiger partial charge in [0, 0.05) is 24.4 Å². The summed E-state index contributed by atoms with van der Waals surface area (Å²) in [5.41, 5.74) is 6.07. The molecule has 0 heterocycles. The highest BCUT2D eigenvalue weighted by Crippen LogP contribution is 2.21. The van der Waals surface area contributed by atoms with Gasteiger partial charge in [-0.25, -0.2) is 4.39 Å². The third kappa shape index (κ3) is 2.65. The normalized spacial score (nSPS) is 10.2. The van der Waals surface area contributed by atoms with E-state index in [9.17, 15) is 14.3 Å². The van der Waals surface area contributed by atoms with Crippen molar-refractivity contribution in [2.45, 2.75) is 0 Å². The summed E-state index contributed by atoms with van der Waals surface area (Å²) in [6, 6.07) is 10.1. The van der Waals surface area contributed by atoms with E-state index in [0.29, 0.717) is 5.69 Å². The van der Waals surface area contributed by atoms with Crippen molar-refractivity contribution in [2.75, 3.05) is 17.7 Å². The van der Waals surface area contributed by atoms with E-state index >= 15 is 0 Å². The molecular formula is C14H13FN2O2. The Morgan fingerprint density at radius 1 is 1.26 bits per heavy atom. The average molecular weight is 260 g/mol. The molecule has 0 saturated carbocycles. The Bertz CT molecular complexity index is 629. The van der Waals surface area contributed by atoms with Crippen molar-refractivity contribution in [3.8, 4) is 5.75 Å². The minimum absolute atomic E-state index is 0.00319. The van der Waals surface area contributed by atoms with Gasteiger partial charge in [-0.2, -0.15) is 0 Å². The van der Waals surface area contributed by atoms with Crippen molar-refractivity contribution in [3.05, 3.63) is 53.8 Å². The van der Waals surface area contributed by atoms with Crippen LogP contribution in [0.25, 0.3) is 0 Å². The minimum Gasteiger partial charge on any atom is -0.508 e. The molecular weight excluding hydrogens is 247 g/mol. The van der Waals surface area contributed by atoms with E-state index in [-0.39, 0.29) is 22.9 Å². The fraction of sp³-hybridized carbons (Fsp3) is 0.0714. The number of carbonyl (C=O) groups excluding carboxylic acids is 1. The maximum Gasteiger partial charge on any atom is 0.258 e. The van der Waals surface area contributed by atoms with E-state index < -0.39 is 5.82 Å². The summed E-state index contributed by atoms with van der Waals surface area (Å²) in [6.07, 6.45) is 0. The van der Waals surface area contributed by atoms with Crippen molar-refractivity contribution in [2.24, 2.45) is 0 Å². The number of phenols is 1. The van der Waals surface area contributed by atoms with Crippen LogP contribution in [0.15, 0.2) is 42.5 Å². The van der Waals surface area contributed by atoms with Crippen molar-refractivity contribution >= 4 is 17.3 Å². The Morgan fingerprint density at radius 3 is 2.63 bits per heavy atom. The van der Waals surface area contributed by atoms with E-state index in [2.05, 4.69) is 0 Å². The monoisotopic (exact) mass is 260 g/mol. The topological polar surface area (TPSA) is 66.6 Å². The molecule has 2 aromatic carbocycles. The molecule has 0 bridgehead atoms. The number of nitrogen functional groups attached to an aromatic ring is 1. The smallest absolute Gasteiger partial charge is 0.258 e. The van der Waals surface area contributed by atoms with Gasteiger partial charge in [-0.1, -0.05) is 6.07 Å². The van der Waals surface area contributed by atoms with E-state index in [1.54, 1.807) is 19.2 Å². The lowest BCUT2D eigenvalue weighted by Gasteiger charge is -2.17. The summed E-state index contributed by atoms with van der Waals surface area (Å²) in [5, 5.41) is 9.38. The van der Waals surface area contributed by atoms with Crippen LogP contribution >= 0.6 is 0 Å². The van der Waals surface area contributed by atoms with Gasteiger partial charge >= 0.3 is 0 Å². The van der Waals surface area contributed by atoms with Crippen LogP contribution in [-0.2, 0) is 0 Å². The van der Waals surface area contributed by atoms with Crippen molar-refractivity contribution in [1.29, 1.82) is 0 Å². The number of nitrogens with zero attached hydrogens (tertiary/aromatic N) is 1. The molecule has 0 radical (unpaired) electrons. The largest absolute Gasteiger partial charge is 0.508 e. The molecule has 0 aromatic heterocycles. The predicted molar refractivity (Wildman–Crippen MR) is 71.7 cm³/mol. The standard InChI is InChI=1S/C14H13FN2O2/c1-17(10-3-2-4-11(18)8-10)14(19)9-5-6-13(16)12(15)7-9/h2-8,18H,16H2,1H3. The Morgan fingerprint density at radius 2 is 2.00 bits per heavy atom. The number of hydrogen-bond donors (Lipinski definition) is 2. The second-order valence-corrected chi connectivity index (χ2v) is 4.12. The molecule has 0 atom stereocenters. The van der Waals surface area contributed by atoms with Gasteiger partial charge in [0.1, 0.15) is 11.6 Å². The first kappa shape index (κ1) is 12.9. The number of benzene rings is 2. The van der Waals surface area contributed by atoms with Crippen LogP contribution in [0.5, 0.6) is 5.75 Å². The van der Waals surface area contributed by atoms with Crippen LogP contribution in [-0.4, -0.2) is 18.1 Å². The molecule has 0 aliphatic heterocycles. The van der Waals surface area contributed by atoms with Gasteiger partial charge in [0.25, 0.3) is 5.91 Å². The van der Waals surface area contributed by atoms with Gasteiger partial charge in [0.05, 0.1) is 5.69 Å². The first-order valence-electron chi connectivity index (χ1n) is 5.61. The minimum atomic E-state index is -0.629. The van der Waals surface area contributed by atoms with Crippen LogP contribution in [0.4, 0.5) is 15.8 Å². The lowest BCUT2D eigenvalue weighted by Crippen LogP contribution is -2.26. The number of carbonyl (C=O) groups is 1. The summed E-state index contributed by atoms with van der Waals surface area (Å²) < 4.78 is 13.3. The van der Waals surface area contributed by atoms with Gasteiger partial charge < -0.3 is 15.7 Å². The van der Waals surface area contributed by atoms with Gasteiger partial charge in [0.2, 0.25) is 0 Å². The zero-order valence-electron chi connectivity index (χ0n) is 10.3. The molecule has 98 valence electrons. The zero-order valence-corrected chi connectivity index (χ0v) is 10.3. The number of aromatic hydroxyl groups is 1. The van der Waals surface area contributed by atoms with Crippen molar-refractivity contribution in [1.82, 2.24) is 0 Å². The highest BCUT2D eigenvalue weighted by atomic mass is 19.1. The molecule has 2 aromatic rings. The molecule has 4 nitrogen and oxygen atoms in total. The molecule has 5 heteroatoms. The molecule has 19 heavy (non-hydrogen) atoms. The number of amides is 1. The zero-order chi connectivity index (χ0) is 14.0. The lowest BCUT2D eigenvalue weighted by molar-refractivity contribution is 0.0992. The van der Waals surface area contributed by atoms with Crippen molar-refractivity contribution < 1.29 is 14.3 Å². The number of rotatable bonds is 2. The van der Waals surface area contributed by atoms with Crippen LogP contribution < -0.4 is 10.6 Å². The van der Waals surface area contributed by atoms with Gasteiger partial charge in [0.15, 0.2) is 0 Å². The quantitative estimate of drug-likeness (QED) is 0.815. The third-order valence-corrected chi connectivity index (χ3v) is 2.77. The summed E-state index contributed by atoms with van der Waals surface area (Å²) in [5.74, 6) is -0.958. The van der Waals surface area contributed by atoms with E-state index in [1.807, 2.05) is 0 Å². The summed E-state index contributed by atoms with van der Waals surface area (Å²) in [7, 11) is 1.55.